The number of methoxy groups -OCH3 is 3. The number of hydrogen-bond acceptors (Lipinski definition) is 5. The molecule has 1 heterocycles. The molecule has 3 rings (SSSR count). The van der Waals surface area contributed by atoms with Crippen LogP contribution in [-0.2, 0) is 0 Å². The minimum atomic E-state index is -0.916. The zero-order chi connectivity index (χ0) is 20.3. The second-order valence-corrected chi connectivity index (χ2v) is 7.66. The lowest BCUT2D eigenvalue weighted by Gasteiger charge is -2.35. The van der Waals surface area contributed by atoms with Crippen molar-refractivity contribution in [2.75, 3.05) is 27.9 Å². The molecular weight excluding hydrogens is 360 g/mol. The second-order valence-electron chi connectivity index (χ2n) is 7.66. The summed E-state index contributed by atoms with van der Waals surface area (Å²) in [5, 5.41) is 14.4. The van der Waals surface area contributed by atoms with Crippen LogP contribution >= 0.6 is 0 Å². The Bertz CT molecular complexity index is 837. The van der Waals surface area contributed by atoms with E-state index in [2.05, 4.69) is 10.3 Å². The molecule has 28 heavy (non-hydrogen) atoms. The van der Waals surface area contributed by atoms with Gasteiger partial charge in [0.15, 0.2) is 11.5 Å². The van der Waals surface area contributed by atoms with Gasteiger partial charge in [-0.3, -0.25) is 4.79 Å². The molecule has 0 saturated heterocycles. The molecule has 1 amide bonds. The van der Waals surface area contributed by atoms with Crippen LogP contribution in [0.15, 0.2) is 12.1 Å². The summed E-state index contributed by atoms with van der Waals surface area (Å²) in [7, 11) is 4.66. The van der Waals surface area contributed by atoms with E-state index in [-0.39, 0.29) is 18.4 Å². The summed E-state index contributed by atoms with van der Waals surface area (Å²) in [6, 6.07) is 3.45. The lowest BCUT2D eigenvalue weighted by Crippen LogP contribution is -2.46. The molecule has 3 N–H and O–H groups in total. The highest BCUT2D eigenvalue weighted by Crippen LogP contribution is 2.41. The fourth-order valence-electron chi connectivity index (χ4n) is 4.08. The monoisotopic (exact) mass is 390 g/mol. The van der Waals surface area contributed by atoms with Crippen LogP contribution in [0.5, 0.6) is 17.2 Å². The van der Waals surface area contributed by atoms with Crippen LogP contribution in [0.3, 0.4) is 0 Å². The predicted molar refractivity (Wildman–Crippen MR) is 107 cm³/mol. The van der Waals surface area contributed by atoms with Gasteiger partial charge in [-0.25, -0.2) is 0 Å². The summed E-state index contributed by atoms with van der Waals surface area (Å²) in [4.78, 5) is 15.8. The molecule has 0 bridgehead atoms. The molecule has 1 aromatic carbocycles. The molecule has 1 aromatic heterocycles. The second kappa shape index (κ2) is 8.31. The normalized spacial score (nSPS) is 17.2. The number of ether oxygens (including phenoxy) is 3. The Morgan fingerprint density at radius 3 is 2.43 bits per heavy atom. The van der Waals surface area contributed by atoms with Crippen molar-refractivity contribution >= 4 is 16.8 Å². The molecule has 7 heteroatoms. The van der Waals surface area contributed by atoms with E-state index < -0.39 is 5.60 Å². The van der Waals surface area contributed by atoms with Gasteiger partial charge in [-0.1, -0.05) is 19.3 Å². The average molecular weight is 390 g/mol. The number of aromatic amines is 1. The molecule has 1 fully saturated rings. The van der Waals surface area contributed by atoms with E-state index in [4.69, 9.17) is 14.2 Å². The lowest BCUT2D eigenvalue weighted by molar-refractivity contribution is -0.0143. The third-order valence-electron chi connectivity index (χ3n) is 5.78. The van der Waals surface area contributed by atoms with E-state index in [0.717, 1.165) is 31.1 Å². The van der Waals surface area contributed by atoms with Crippen LogP contribution in [-0.4, -0.2) is 49.5 Å². The topological polar surface area (TPSA) is 92.8 Å². The first-order valence-corrected chi connectivity index (χ1v) is 9.73. The number of carbonyl (C=O) groups excluding carboxylic acids is 1. The number of rotatable bonds is 7. The van der Waals surface area contributed by atoms with Crippen molar-refractivity contribution in [1.29, 1.82) is 0 Å². The van der Waals surface area contributed by atoms with Crippen molar-refractivity contribution in [3.05, 3.63) is 17.8 Å². The number of benzene rings is 1. The summed E-state index contributed by atoms with van der Waals surface area (Å²) < 4.78 is 16.2. The van der Waals surface area contributed by atoms with E-state index in [0.29, 0.717) is 28.5 Å². The minimum absolute atomic E-state index is 0.212. The molecule has 0 radical (unpaired) electrons. The van der Waals surface area contributed by atoms with Gasteiger partial charge in [0, 0.05) is 18.0 Å². The largest absolute Gasteiger partial charge is 0.496 e. The van der Waals surface area contributed by atoms with Crippen LogP contribution in [0.2, 0.25) is 0 Å². The third kappa shape index (κ3) is 3.90. The molecular formula is C21H30N2O5. The van der Waals surface area contributed by atoms with Crippen LogP contribution < -0.4 is 19.5 Å². The molecule has 2 aromatic rings. The first-order valence-electron chi connectivity index (χ1n) is 9.73. The lowest BCUT2D eigenvalue weighted by atomic mass is 9.78. The molecule has 1 aliphatic rings. The van der Waals surface area contributed by atoms with E-state index in [1.807, 2.05) is 6.92 Å². The molecule has 1 aliphatic carbocycles. The molecule has 0 aliphatic heterocycles. The van der Waals surface area contributed by atoms with Gasteiger partial charge >= 0.3 is 0 Å². The summed E-state index contributed by atoms with van der Waals surface area (Å²) in [6.07, 6.45) is 5.50. The van der Waals surface area contributed by atoms with Crippen LogP contribution in [0, 0.1) is 5.92 Å². The van der Waals surface area contributed by atoms with Crippen molar-refractivity contribution in [3.63, 3.8) is 0 Å². The Hall–Kier alpha value is -2.41. The van der Waals surface area contributed by atoms with Crippen molar-refractivity contribution in [1.82, 2.24) is 10.3 Å². The Morgan fingerprint density at radius 1 is 1.14 bits per heavy atom. The smallest absolute Gasteiger partial charge is 0.267 e. The summed E-state index contributed by atoms with van der Waals surface area (Å²) >= 11 is 0. The van der Waals surface area contributed by atoms with Crippen LogP contribution in [0.25, 0.3) is 10.9 Å². The zero-order valence-corrected chi connectivity index (χ0v) is 17.1. The maximum absolute atomic E-state index is 12.7. The minimum Gasteiger partial charge on any atom is -0.496 e. The highest BCUT2D eigenvalue weighted by atomic mass is 16.5. The maximum Gasteiger partial charge on any atom is 0.267 e. The molecule has 154 valence electrons. The number of aromatic nitrogens is 1. The highest BCUT2D eigenvalue weighted by molar-refractivity contribution is 6.02. The van der Waals surface area contributed by atoms with Crippen LogP contribution in [0.1, 0.15) is 49.5 Å². The molecule has 1 atom stereocenters. The maximum atomic E-state index is 12.7. The van der Waals surface area contributed by atoms with Gasteiger partial charge in [-0.05, 0) is 31.7 Å². The van der Waals surface area contributed by atoms with Gasteiger partial charge in [0.2, 0.25) is 0 Å². The Morgan fingerprint density at radius 2 is 1.82 bits per heavy atom. The Kier molecular flexibility index (Phi) is 6.03. The number of amides is 1. The zero-order valence-electron chi connectivity index (χ0n) is 17.1. The number of hydrogen-bond donors (Lipinski definition) is 3. The molecule has 1 unspecified atom stereocenters. The fraction of sp³-hybridized carbons (Fsp3) is 0.571. The van der Waals surface area contributed by atoms with Crippen molar-refractivity contribution in [2.24, 2.45) is 5.92 Å². The van der Waals surface area contributed by atoms with Gasteiger partial charge in [0.25, 0.3) is 5.91 Å². The SMILES string of the molecule is COc1cc(OC)c2cc(C(=O)NCC(C)(O)C3CCCCC3)[nH]c2c1OC. The van der Waals surface area contributed by atoms with Crippen molar-refractivity contribution < 1.29 is 24.1 Å². The summed E-state index contributed by atoms with van der Waals surface area (Å²) in [6.45, 7) is 2.02. The van der Waals surface area contributed by atoms with E-state index in [1.54, 1.807) is 33.5 Å². The van der Waals surface area contributed by atoms with E-state index in [1.165, 1.54) is 6.42 Å². The van der Waals surface area contributed by atoms with Crippen LogP contribution in [0.4, 0.5) is 0 Å². The predicted octanol–water partition coefficient (Wildman–Crippen LogP) is 3.25. The van der Waals surface area contributed by atoms with Gasteiger partial charge in [-0.2, -0.15) is 0 Å². The highest BCUT2D eigenvalue weighted by Gasteiger charge is 2.33. The van der Waals surface area contributed by atoms with Crippen molar-refractivity contribution in [3.8, 4) is 17.2 Å². The first kappa shape index (κ1) is 20.3. The summed E-state index contributed by atoms with van der Waals surface area (Å²) in [5.74, 6) is 1.54. The number of H-pyrrole nitrogens is 1. The van der Waals surface area contributed by atoms with Crippen molar-refractivity contribution in [2.45, 2.75) is 44.6 Å². The summed E-state index contributed by atoms with van der Waals surface area (Å²) in [5.41, 5.74) is 0.0860. The molecule has 0 spiro atoms. The number of nitrogens with one attached hydrogen (secondary N) is 2. The fourth-order valence-corrected chi connectivity index (χ4v) is 4.08. The van der Waals surface area contributed by atoms with Gasteiger partial charge in [0.1, 0.15) is 11.4 Å². The van der Waals surface area contributed by atoms with Gasteiger partial charge < -0.3 is 29.6 Å². The number of carbonyl (C=O) groups is 1. The quantitative estimate of drug-likeness (QED) is 0.675. The van der Waals surface area contributed by atoms with E-state index >= 15 is 0 Å². The van der Waals surface area contributed by atoms with Gasteiger partial charge in [0.05, 0.1) is 32.4 Å². The number of fused-ring (bicyclic) bond motifs is 1. The molecule has 1 saturated carbocycles. The third-order valence-corrected chi connectivity index (χ3v) is 5.78. The first-order chi connectivity index (χ1) is 13.4. The average Bonchev–Trinajstić information content (AvgIpc) is 3.16. The van der Waals surface area contributed by atoms with E-state index in [9.17, 15) is 9.90 Å². The Labute approximate surface area is 165 Å². The standard InChI is InChI=1S/C21H30N2O5/c1-21(25,13-8-6-5-7-9-13)12-22-20(24)15-10-14-16(26-2)11-17(27-3)19(28-4)18(14)23-15/h10-11,13,23,25H,5-9,12H2,1-4H3,(H,22,24). The number of aliphatic hydroxyl groups is 1. The van der Waals surface area contributed by atoms with Gasteiger partial charge in [-0.15, -0.1) is 0 Å². The molecule has 7 nitrogen and oxygen atoms in total. The Balaban J connectivity index is 1.82.